The minimum absolute atomic E-state index is 0.00352. The van der Waals surface area contributed by atoms with Crippen LogP contribution in [0.25, 0.3) is 0 Å². The number of esters is 1. The van der Waals surface area contributed by atoms with Crippen LogP contribution in [-0.2, 0) is 9.53 Å². The molecule has 0 saturated heterocycles. The molecule has 0 bridgehead atoms. The van der Waals surface area contributed by atoms with Gasteiger partial charge in [0.2, 0.25) is 0 Å². The average molecular weight is 461 g/mol. The maximum Gasteiger partial charge on any atom is 0.305 e. The molecule has 3 heteroatoms. The summed E-state index contributed by atoms with van der Waals surface area (Å²) in [5.74, 6) is 4.19. The summed E-state index contributed by atoms with van der Waals surface area (Å²) in [7, 11) is 0. The highest BCUT2D eigenvalue weighted by Gasteiger charge is 2.65. The van der Waals surface area contributed by atoms with E-state index in [2.05, 4.69) is 41.5 Å². The smallest absolute Gasteiger partial charge is 0.305 e. The van der Waals surface area contributed by atoms with Gasteiger partial charge < -0.3 is 9.84 Å². The largest absolute Gasteiger partial charge is 0.465 e. The lowest BCUT2D eigenvalue weighted by Crippen LogP contribution is -2.60. The highest BCUT2D eigenvalue weighted by molar-refractivity contribution is 5.69. The van der Waals surface area contributed by atoms with Crippen molar-refractivity contribution >= 4 is 5.97 Å². The van der Waals surface area contributed by atoms with E-state index in [0.29, 0.717) is 47.0 Å². The first-order valence-electron chi connectivity index (χ1n) is 14.4. The molecule has 0 radical (unpaired) electrons. The minimum Gasteiger partial charge on any atom is -0.465 e. The van der Waals surface area contributed by atoms with E-state index < -0.39 is 0 Å². The van der Waals surface area contributed by atoms with Gasteiger partial charge in [0.25, 0.3) is 0 Å². The fraction of sp³-hybridized carbons (Fsp3) is 0.967. The Balaban J connectivity index is 1.41. The molecule has 0 aliphatic heterocycles. The standard InChI is InChI=1S/C30H52O3/c1-7-20(2)19-33-27(32)13-8-21(3)24-11-12-25-26-10-9-22-18-23(31)14-15-29(22,5)30(26,6)17-16-28(24,25)4/h20-26,31H,7-19H2,1-6H3/t20?,21-,22?,23-,24-,25+,26?,28-,29+,30+/m1/s1. The zero-order valence-electron chi connectivity index (χ0n) is 22.5. The first-order chi connectivity index (χ1) is 15.5. The summed E-state index contributed by atoms with van der Waals surface area (Å²) in [5.41, 5.74) is 1.26. The van der Waals surface area contributed by atoms with Crippen LogP contribution in [0.1, 0.15) is 119 Å². The van der Waals surface area contributed by atoms with Crippen molar-refractivity contribution in [3.8, 4) is 0 Å². The molecule has 190 valence electrons. The van der Waals surface area contributed by atoms with E-state index in [1.165, 1.54) is 44.9 Å². The summed E-state index contributed by atoms with van der Waals surface area (Å²) >= 11 is 0. The molecule has 4 rings (SSSR count). The zero-order valence-corrected chi connectivity index (χ0v) is 22.5. The molecule has 4 fully saturated rings. The van der Waals surface area contributed by atoms with Gasteiger partial charge in [0, 0.05) is 6.42 Å². The second-order valence-corrected chi connectivity index (χ2v) is 13.7. The summed E-state index contributed by atoms with van der Waals surface area (Å²) in [5, 5.41) is 10.4. The van der Waals surface area contributed by atoms with Gasteiger partial charge in [-0.15, -0.1) is 0 Å². The first-order valence-corrected chi connectivity index (χ1v) is 14.4. The molecule has 0 heterocycles. The van der Waals surface area contributed by atoms with Gasteiger partial charge in [0.05, 0.1) is 12.7 Å². The molecule has 0 aromatic heterocycles. The van der Waals surface area contributed by atoms with Gasteiger partial charge in [-0.1, -0.05) is 48.0 Å². The number of hydrogen-bond donors (Lipinski definition) is 1. The van der Waals surface area contributed by atoms with Crippen molar-refractivity contribution in [1.82, 2.24) is 0 Å². The molecule has 4 saturated carbocycles. The maximum atomic E-state index is 12.3. The molecule has 10 atom stereocenters. The predicted octanol–water partition coefficient (Wildman–Crippen LogP) is 7.40. The number of ether oxygens (including phenoxy) is 1. The molecule has 0 spiro atoms. The van der Waals surface area contributed by atoms with E-state index in [1.807, 2.05) is 0 Å². The second-order valence-electron chi connectivity index (χ2n) is 13.7. The Morgan fingerprint density at radius 2 is 1.70 bits per heavy atom. The highest BCUT2D eigenvalue weighted by atomic mass is 16.5. The van der Waals surface area contributed by atoms with E-state index in [1.54, 1.807) is 0 Å². The molecule has 1 N–H and O–H groups in total. The Hall–Kier alpha value is -0.570. The van der Waals surface area contributed by atoms with Crippen molar-refractivity contribution < 1.29 is 14.6 Å². The maximum absolute atomic E-state index is 12.3. The van der Waals surface area contributed by atoms with Crippen molar-refractivity contribution in [3.05, 3.63) is 0 Å². The SMILES string of the molecule is CCC(C)COC(=O)CC[C@@H](C)[C@H]1CC[C@H]2C3CCC4C[C@H](O)CC[C@]4(C)[C@@]3(C)CC[C@]12C. The molecule has 4 aliphatic carbocycles. The van der Waals surface area contributed by atoms with Gasteiger partial charge in [0.1, 0.15) is 0 Å². The Bertz CT molecular complexity index is 705. The van der Waals surface area contributed by atoms with E-state index in [4.69, 9.17) is 4.74 Å². The number of aliphatic hydroxyl groups excluding tert-OH is 1. The van der Waals surface area contributed by atoms with Crippen molar-refractivity contribution in [2.24, 2.45) is 51.8 Å². The quantitative estimate of drug-likeness (QED) is 0.403. The lowest BCUT2D eigenvalue weighted by atomic mass is 9.38. The third kappa shape index (κ3) is 4.31. The third-order valence-corrected chi connectivity index (χ3v) is 12.3. The number of hydrogen-bond acceptors (Lipinski definition) is 3. The van der Waals surface area contributed by atoms with Gasteiger partial charge in [-0.3, -0.25) is 4.79 Å². The van der Waals surface area contributed by atoms with E-state index in [0.717, 1.165) is 43.4 Å². The van der Waals surface area contributed by atoms with Gasteiger partial charge >= 0.3 is 5.97 Å². The van der Waals surface area contributed by atoms with E-state index >= 15 is 0 Å². The molecule has 0 aromatic carbocycles. The van der Waals surface area contributed by atoms with Crippen LogP contribution < -0.4 is 0 Å². The average Bonchev–Trinajstić information content (AvgIpc) is 3.14. The Labute approximate surface area is 203 Å². The monoisotopic (exact) mass is 460 g/mol. The summed E-state index contributed by atoms with van der Waals surface area (Å²) in [6.45, 7) is 15.1. The van der Waals surface area contributed by atoms with E-state index in [9.17, 15) is 9.90 Å². The summed E-state index contributed by atoms with van der Waals surface area (Å²) in [4.78, 5) is 12.3. The molecular formula is C30H52O3. The molecule has 3 nitrogen and oxygen atoms in total. The van der Waals surface area contributed by atoms with Crippen molar-refractivity contribution in [2.45, 2.75) is 125 Å². The lowest BCUT2D eigenvalue weighted by molar-refractivity contribution is -0.186. The summed E-state index contributed by atoms with van der Waals surface area (Å²) in [6, 6.07) is 0. The molecule has 3 unspecified atom stereocenters. The van der Waals surface area contributed by atoms with Crippen LogP contribution in [0.5, 0.6) is 0 Å². The van der Waals surface area contributed by atoms with Crippen LogP contribution in [-0.4, -0.2) is 23.8 Å². The molecular weight excluding hydrogens is 408 g/mol. The number of aliphatic hydroxyl groups is 1. The normalized spacial score (nSPS) is 46.6. The van der Waals surface area contributed by atoms with Crippen molar-refractivity contribution in [1.29, 1.82) is 0 Å². The number of fused-ring (bicyclic) bond motifs is 5. The van der Waals surface area contributed by atoms with Crippen LogP contribution >= 0.6 is 0 Å². The first kappa shape index (κ1) is 25.5. The number of rotatable bonds is 7. The van der Waals surface area contributed by atoms with Gasteiger partial charge in [0.15, 0.2) is 0 Å². The minimum atomic E-state index is -0.0642. The molecule has 33 heavy (non-hydrogen) atoms. The molecule has 0 aromatic rings. The Morgan fingerprint density at radius 3 is 2.42 bits per heavy atom. The van der Waals surface area contributed by atoms with Crippen LogP contribution in [0.15, 0.2) is 0 Å². The van der Waals surface area contributed by atoms with Crippen LogP contribution in [0, 0.1) is 51.8 Å². The molecule has 0 amide bonds. The predicted molar refractivity (Wildman–Crippen MR) is 135 cm³/mol. The van der Waals surface area contributed by atoms with Crippen LogP contribution in [0.2, 0.25) is 0 Å². The topological polar surface area (TPSA) is 46.5 Å². The number of carbonyl (C=O) groups excluding carboxylic acids is 1. The van der Waals surface area contributed by atoms with Gasteiger partial charge in [-0.05, 0) is 116 Å². The van der Waals surface area contributed by atoms with E-state index in [-0.39, 0.29) is 12.1 Å². The second kappa shape index (κ2) is 9.47. The third-order valence-electron chi connectivity index (χ3n) is 12.3. The lowest BCUT2D eigenvalue weighted by Gasteiger charge is -2.67. The van der Waals surface area contributed by atoms with Crippen LogP contribution in [0.3, 0.4) is 0 Å². The Morgan fingerprint density at radius 1 is 0.970 bits per heavy atom. The van der Waals surface area contributed by atoms with Crippen molar-refractivity contribution in [2.75, 3.05) is 6.61 Å². The summed E-state index contributed by atoms with van der Waals surface area (Å²) in [6.07, 6.45) is 13.9. The van der Waals surface area contributed by atoms with Crippen LogP contribution in [0.4, 0.5) is 0 Å². The molecule has 4 aliphatic rings. The number of carbonyl (C=O) groups is 1. The van der Waals surface area contributed by atoms with Gasteiger partial charge in [-0.25, -0.2) is 0 Å². The zero-order chi connectivity index (χ0) is 24.0. The Kier molecular flexibility index (Phi) is 7.33. The van der Waals surface area contributed by atoms with Crippen molar-refractivity contribution in [3.63, 3.8) is 0 Å². The fourth-order valence-corrected chi connectivity index (χ4v) is 9.56. The van der Waals surface area contributed by atoms with Gasteiger partial charge in [-0.2, -0.15) is 0 Å². The fourth-order valence-electron chi connectivity index (χ4n) is 9.56. The summed E-state index contributed by atoms with van der Waals surface area (Å²) < 4.78 is 5.54. The highest BCUT2D eigenvalue weighted by Crippen LogP contribution is 2.73.